The van der Waals surface area contributed by atoms with Crippen LogP contribution in [0.25, 0.3) is 0 Å². The van der Waals surface area contributed by atoms with Gasteiger partial charge in [0.1, 0.15) is 0 Å². The molecule has 0 spiro atoms. The molecule has 0 aliphatic rings. The van der Waals surface area contributed by atoms with Gasteiger partial charge in [-0.1, -0.05) is 20.8 Å². The highest BCUT2D eigenvalue weighted by Crippen LogP contribution is 2.22. The summed E-state index contributed by atoms with van der Waals surface area (Å²) in [4.78, 5) is 1.36. The van der Waals surface area contributed by atoms with Crippen molar-refractivity contribution < 1.29 is 0 Å². The van der Waals surface area contributed by atoms with Crippen LogP contribution in [-0.4, -0.2) is 12.6 Å². The molecule has 0 bridgehead atoms. The number of nitrogens with two attached hydrogens (primary N) is 1. The van der Waals surface area contributed by atoms with Gasteiger partial charge in [0, 0.05) is 17.5 Å². The zero-order valence-corrected chi connectivity index (χ0v) is 12.6. The molecule has 3 N–H and O–H groups in total. The van der Waals surface area contributed by atoms with Gasteiger partial charge < -0.3 is 11.1 Å². The van der Waals surface area contributed by atoms with Gasteiger partial charge in [0.15, 0.2) is 0 Å². The van der Waals surface area contributed by atoms with Crippen molar-refractivity contribution in [1.29, 1.82) is 0 Å². The normalized spacial score (nSPS) is 14.1. The molecule has 0 aliphatic heterocycles. The molecule has 0 aromatic carbocycles. The quantitative estimate of drug-likeness (QED) is 0.819. The lowest BCUT2D eigenvalue weighted by Crippen LogP contribution is -2.37. The first-order valence-electron chi connectivity index (χ1n) is 5.60. The molecule has 1 rings (SSSR count). The van der Waals surface area contributed by atoms with Gasteiger partial charge in [0.05, 0.1) is 3.79 Å². The second-order valence-corrected chi connectivity index (χ2v) is 7.69. The Bertz CT molecular complexity index is 317. The maximum atomic E-state index is 6.09. The van der Waals surface area contributed by atoms with Gasteiger partial charge in [0.25, 0.3) is 0 Å². The van der Waals surface area contributed by atoms with Crippen molar-refractivity contribution in [3.8, 4) is 0 Å². The molecule has 0 saturated heterocycles. The Hall–Kier alpha value is 0.1000. The highest BCUT2D eigenvalue weighted by atomic mass is 79.9. The van der Waals surface area contributed by atoms with Crippen molar-refractivity contribution in [2.75, 3.05) is 6.54 Å². The minimum absolute atomic E-state index is 0.202. The number of hydrogen-bond donors (Lipinski definition) is 2. The summed E-state index contributed by atoms with van der Waals surface area (Å²) in [6.45, 7) is 8.48. The average Bonchev–Trinajstić information content (AvgIpc) is 2.57. The SMILES string of the molecule is CC(C)(C)C(N)CCNCc1ccc(Br)s1. The number of rotatable bonds is 5. The van der Waals surface area contributed by atoms with Crippen LogP contribution in [0.1, 0.15) is 32.1 Å². The van der Waals surface area contributed by atoms with Gasteiger partial charge in [0.2, 0.25) is 0 Å². The lowest BCUT2D eigenvalue weighted by Gasteiger charge is -2.27. The molecule has 0 fully saturated rings. The minimum atomic E-state index is 0.202. The van der Waals surface area contributed by atoms with E-state index in [1.165, 1.54) is 8.66 Å². The van der Waals surface area contributed by atoms with Crippen LogP contribution in [0.2, 0.25) is 0 Å². The summed E-state index contributed by atoms with van der Waals surface area (Å²) in [5, 5.41) is 3.43. The number of halogens is 1. The van der Waals surface area contributed by atoms with Crippen LogP contribution in [0.3, 0.4) is 0 Å². The van der Waals surface area contributed by atoms with E-state index in [0.29, 0.717) is 0 Å². The summed E-state index contributed by atoms with van der Waals surface area (Å²) in [5.74, 6) is 0. The van der Waals surface area contributed by atoms with Crippen LogP contribution >= 0.6 is 27.3 Å². The molecule has 1 atom stereocenters. The van der Waals surface area contributed by atoms with Crippen molar-refractivity contribution in [2.24, 2.45) is 11.1 Å². The highest BCUT2D eigenvalue weighted by Gasteiger charge is 2.19. The summed E-state index contributed by atoms with van der Waals surface area (Å²) in [7, 11) is 0. The van der Waals surface area contributed by atoms with E-state index in [2.05, 4.69) is 54.2 Å². The maximum Gasteiger partial charge on any atom is 0.0701 e. The number of hydrogen-bond acceptors (Lipinski definition) is 3. The zero-order valence-electron chi connectivity index (χ0n) is 10.2. The summed E-state index contributed by atoms with van der Waals surface area (Å²) in [6, 6.07) is 4.49. The van der Waals surface area contributed by atoms with E-state index in [-0.39, 0.29) is 11.5 Å². The molecule has 1 aromatic heterocycles. The van der Waals surface area contributed by atoms with Crippen LogP contribution in [0.15, 0.2) is 15.9 Å². The Morgan fingerprint density at radius 2 is 2.12 bits per heavy atom. The van der Waals surface area contributed by atoms with E-state index in [1.807, 2.05) is 0 Å². The van der Waals surface area contributed by atoms with Gasteiger partial charge in [-0.2, -0.15) is 0 Å². The van der Waals surface area contributed by atoms with Crippen molar-refractivity contribution in [3.63, 3.8) is 0 Å². The Labute approximate surface area is 111 Å². The standard InChI is InChI=1S/C12H21BrN2S/c1-12(2,3)10(14)6-7-15-8-9-4-5-11(13)16-9/h4-5,10,15H,6-8,14H2,1-3H3. The van der Waals surface area contributed by atoms with Gasteiger partial charge in [-0.05, 0) is 46.4 Å². The molecule has 1 aromatic rings. The molecular weight excluding hydrogens is 284 g/mol. The lowest BCUT2D eigenvalue weighted by atomic mass is 9.85. The van der Waals surface area contributed by atoms with E-state index in [9.17, 15) is 0 Å². The second-order valence-electron chi connectivity index (χ2n) is 5.14. The average molecular weight is 305 g/mol. The first-order chi connectivity index (χ1) is 7.39. The van der Waals surface area contributed by atoms with Gasteiger partial charge >= 0.3 is 0 Å². The molecule has 16 heavy (non-hydrogen) atoms. The molecule has 2 nitrogen and oxygen atoms in total. The third-order valence-electron chi connectivity index (χ3n) is 2.67. The number of nitrogens with one attached hydrogen (secondary N) is 1. The van der Waals surface area contributed by atoms with E-state index >= 15 is 0 Å². The van der Waals surface area contributed by atoms with Crippen LogP contribution in [0.4, 0.5) is 0 Å². The van der Waals surface area contributed by atoms with E-state index in [4.69, 9.17) is 5.73 Å². The van der Waals surface area contributed by atoms with Gasteiger partial charge in [-0.15, -0.1) is 11.3 Å². The van der Waals surface area contributed by atoms with Crippen molar-refractivity contribution in [2.45, 2.75) is 39.8 Å². The third-order valence-corrected chi connectivity index (χ3v) is 4.30. The molecule has 0 saturated carbocycles. The predicted octanol–water partition coefficient (Wildman–Crippen LogP) is 3.36. The van der Waals surface area contributed by atoms with Crippen LogP contribution in [-0.2, 0) is 6.54 Å². The second kappa shape index (κ2) is 6.15. The smallest absolute Gasteiger partial charge is 0.0701 e. The third kappa shape index (κ3) is 4.95. The molecule has 4 heteroatoms. The highest BCUT2D eigenvalue weighted by molar-refractivity contribution is 9.11. The summed E-state index contributed by atoms with van der Waals surface area (Å²) in [5.41, 5.74) is 6.29. The zero-order chi connectivity index (χ0) is 12.2. The number of thiophene rings is 1. The molecule has 0 amide bonds. The topological polar surface area (TPSA) is 38.0 Å². The van der Waals surface area contributed by atoms with E-state index in [0.717, 1.165) is 19.5 Å². The molecule has 0 radical (unpaired) electrons. The fourth-order valence-corrected chi connectivity index (χ4v) is 2.80. The first kappa shape index (κ1) is 14.2. The van der Waals surface area contributed by atoms with Crippen molar-refractivity contribution >= 4 is 27.3 Å². The van der Waals surface area contributed by atoms with Crippen molar-refractivity contribution in [1.82, 2.24) is 5.32 Å². The van der Waals surface area contributed by atoms with Crippen LogP contribution in [0.5, 0.6) is 0 Å². The Kier molecular flexibility index (Phi) is 5.44. The summed E-state index contributed by atoms with van der Waals surface area (Å²) in [6.07, 6.45) is 1.02. The molecule has 0 aliphatic carbocycles. The Morgan fingerprint density at radius 3 is 2.62 bits per heavy atom. The predicted molar refractivity (Wildman–Crippen MR) is 75.8 cm³/mol. The van der Waals surface area contributed by atoms with Gasteiger partial charge in [-0.3, -0.25) is 0 Å². The molecule has 1 unspecified atom stereocenters. The Morgan fingerprint density at radius 1 is 1.44 bits per heavy atom. The molecule has 92 valence electrons. The monoisotopic (exact) mass is 304 g/mol. The van der Waals surface area contributed by atoms with E-state index in [1.54, 1.807) is 11.3 Å². The fraction of sp³-hybridized carbons (Fsp3) is 0.667. The summed E-state index contributed by atoms with van der Waals surface area (Å²) >= 11 is 5.24. The Balaban J connectivity index is 2.17. The van der Waals surface area contributed by atoms with Crippen LogP contribution < -0.4 is 11.1 Å². The maximum absolute atomic E-state index is 6.09. The minimum Gasteiger partial charge on any atom is -0.327 e. The molecular formula is C12H21BrN2S. The van der Waals surface area contributed by atoms with Crippen molar-refractivity contribution in [3.05, 3.63) is 20.8 Å². The van der Waals surface area contributed by atoms with Gasteiger partial charge in [-0.25, -0.2) is 0 Å². The van der Waals surface area contributed by atoms with E-state index < -0.39 is 0 Å². The summed E-state index contributed by atoms with van der Waals surface area (Å²) < 4.78 is 1.19. The first-order valence-corrected chi connectivity index (χ1v) is 7.21. The largest absolute Gasteiger partial charge is 0.327 e. The van der Waals surface area contributed by atoms with Crippen LogP contribution in [0, 0.1) is 5.41 Å². The molecule has 1 heterocycles. The fourth-order valence-electron chi connectivity index (χ4n) is 1.35. The lowest BCUT2D eigenvalue weighted by molar-refractivity contribution is 0.302.